The Morgan fingerprint density at radius 1 is 1.03 bits per heavy atom. The van der Waals surface area contributed by atoms with Gasteiger partial charge in [-0.1, -0.05) is 60.8 Å². The number of rotatable bonds is 7. The number of benzene rings is 2. The lowest BCUT2D eigenvalue weighted by molar-refractivity contribution is -0.126. The van der Waals surface area contributed by atoms with E-state index < -0.39 is 15.4 Å². The summed E-state index contributed by atoms with van der Waals surface area (Å²) in [5.41, 5.74) is 2.77. The van der Waals surface area contributed by atoms with Crippen LogP contribution in [-0.2, 0) is 33.2 Å². The number of fused-ring (bicyclic) bond motifs is 1. The van der Waals surface area contributed by atoms with Gasteiger partial charge < -0.3 is 5.32 Å². The summed E-state index contributed by atoms with van der Waals surface area (Å²) in [7, 11) is -3.35. The summed E-state index contributed by atoms with van der Waals surface area (Å²) >= 11 is 6.02. The molecule has 1 fully saturated rings. The van der Waals surface area contributed by atoms with E-state index in [9.17, 15) is 13.2 Å². The zero-order valence-electron chi connectivity index (χ0n) is 17.6. The van der Waals surface area contributed by atoms with Crippen molar-refractivity contribution in [1.29, 1.82) is 0 Å². The Labute approximate surface area is 189 Å². The SMILES string of the molecule is O=C(NCCCS(=O)(=O)N1CCc2ccccc2C1)C1(c2ccc(Cl)cc2)CCCC1. The third kappa shape index (κ3) is 4.81. The van der Waals surface area contributed by atoms with Crippen LogP contribution in [0, 0.1) is 0 Å². The molecule has 4 rings (SSSR count). The van der Waals surface area contributed by atoms with E-state index in [-0.39, 0.29) is 11.7 Å². The fourth-order valence-corrected chi connectivity index (χ4v) is 6.45. The molecule has 1 aliphatic heterocycles. The summed E-state index contributed by atoms with van der Waals surface area (Å²) in [6.07, 6.45) is 4.80. The number of carbonyl (C=O) groups excluding carboxylic acids is 1. The fraction of sp³-hybridized carbons (Fsp3) is 0.458. The molecular weight excluding hydrogens is 432 g/mol. The smallest absolute Gasteiger partial charge is 0.230 e. The van der Waals surface area contributed by atoms with Gasteiger partial charge in [-0.3, -0.25) is 4.79 Å². The molecule has 0 atom stereocenters. The Balaban J connectivity index is 1.32. The van der Waals surface area contributed by atoms with Crippen molar-refractivity contribution >= 4 is 27.5 Å². The Morgan fingerprint density at radius 2 is 1.71 bits per heavy atom. The largest absolute Gasteiger partial charge is 0.355 e. The fourth-order valence-electron chi connectivity index (χ4n) is 4.86. The number of halogens is 1. The first-order valence-electron chi connectivity index (χ1n) is 11.0. The normalized spacial score (nSPS) is 18.5. The van der Waals surface area contributed by atoms with Crippen LogP contribution in [0.25, 0.3) is 0 Å². The number of hydrogen-bond acceptors (Lipinski definition) is 3. The maximum Gasteiger partial charge on any atom is 0.230 e. The lowest BCUT2D eigenvalue weighted by Crippen LogP contribution is -2.43. The van der Waals surface area contributed by atoms with Crippen molar-refractivity contribution in [2.75, 3.05) is 18.8 Å². The van der Waals surface area contributed by atoms with Crippen LogP contribution >= 0.6 is 11.6 Å². The van der Waals surface area contributed by atoms with Crippen molar-refractivity contribution in [3.63, 3.8) is 0 Å². The molecule has 1 aliphatic carbocycles. The molecule has 0 radical (unpaired) electrons. The van der Waals surface area contributed by atoms with Gasteiger partial charge in [-0.25, -0.2) is 8.42 Å². The molecule has 1 saturated carbocycles. The monoisotopic (exact) mass is 460 g/mol. The first kappa shape index (κ1) is 22.3. The molecule has 0 aromatic heterocycles. The highest BCUT2D eigenvalue weighted by Crippen LogP contribution is 2.41. The van der Waals surface area contributed by atoms with Crippen molar-refractivity contribution in [3.05, 3.63) is 70.2 Å². The first-order chi connectivity index (χ1) is 14.9. The average molecular weight is 461 g/mol. The Bertz CT molecular complexity index is 1030. The second-order valence-electron chi connectivity index (χ2n) is 8.57. The molecule has 2 aliphatic rings. The number of amides is 1. The summed E-state index contributed by atoms with van der Waals surface area (Å²) in [6.45, 7) is 1.31. The zero-order valence-corrected chi connectivity index (χ0v) is 19.2. The standard InChI is InChI=1S/C24H29ClN2O3S/c25-22-10-8-21(9-11-22)24(13-3-4-14-24)23(28)26-15-5-17-31(29,30)27-16-12-19-6-1-2-7-20(19)18-27/h1-2,6-11H,3-5,12-18H2,(H,26,28). The van der Waals surface area contributed by atoms with Gasteiger partial charge in [-0.15, -0.1) is 0 Å². The average Bonchev–Trinajstić information content (AvgIpc) is 3.28. The van der Waals surface area contributed by atoms with E-state index >= 15 is 0 Å². The Kier molecular flexibility index (Phi) is 6.70. The molecule has 2 aromatic rings. The third-order valence-electron chi connectivity index (χ3n) is 6.64. The van der Waals surface area contributed by atoms with Gasteiger partial charge in [0, 0.05) is 24.7 Å². The van der Waals surface area contributed by atoms with Crippen LogP contribution in [0.2, 0.25) is 5.02 Å². The van der Waals surface area contributed by atoms with Gasteiger partial charge >= 0.3 is 0 Å². The molecule has 2 aromatic carbocycles. The predicted octanol–water partition coefficient (Wildman–Crippen LogP) is 4.05. The molecule has 7 heteroatoms. The highest BCUT2D eigenvalue weighted by molar-refractivity contribution is 7.89. The van der Waals surface area contributed by atoms with Crippen LogP contribution in [0.4, 0.5) is 0 Å². The minimum atomic E-state index is -3.35. The van der Waals surface area contributed by atoms with Gasteiger partial charge in [0.2, 0.25) is 15.9 Å². The predicted molar refractivity (Wildman–Crippen MR) is 124 cm³/mol. The van der Waals surface area contributed by atoms with E-state index in [1.165, 1.54) is 5.56 Å². The van der Waals surface area contributed by atoms with Gasteiger partial charge in [0.05, 0.1) is 11.2 Å². The summed E-state index contributed by atoms with van der Waals surface area (Å²) in [6, 6.07) is 15.5. The van der Waals surface area contributed by atoms with Gasteiger partial charge in [-0.05, 0) is 54.5 Å². The Morgan fingerprint density at radius 3 is 2.42 bits per heavy atom. The van der Waals surface area contributed by atoms with Gasteiger partial charge in [0.15, 0.2) is 0 Å². The van der Waals surface area contributed by atoms with E-state index in [2.05, 4.69) is 11.4 Å². The molecule has 1 heterocycles. The van der Waals surface area contributed by atoms with Crippen molar-refractivity contribution in [2.24, 2.45) is 0 Å². The van der Waals surface area contributed by atoms with Gasteiger partial charge in [-0.2, -0.15) is 4.31 Å². The summed E-state index contributed by atoms with van der Waals surface area (Å²) in [4.78, 5) is 13.1. The molecule has 1 N–H and O–H groups in total. The number of sulfonamides is 1. The summed E-state index contributed by atoms with van der Waals surface area (Å²) < 4.78 is 27.2. The molecule has 0 saturated heterocycles. The zero-order chi connectivity index (χ0) is 21.9. The Hall–Kier alpha value is -1.89. The number of nitrogens with one attached hydrogen (secondary N) is 1. The number of carbonyl (C=O) groups is 1. The van der Waals surface area contributed by atoms with E-state index in [0.29, 0.717) is 31.1 Å². The minimum absolute atomic E-state index is 0.00313. The van der Waals surface area contributed by atoms with Crippen molar-refractivity contribution in [2.45, 2.75) is 50.5 Å². The lowest BCUT2D eigenvalue weighted by Gasteiger charge is -2.29. The van der Waals surface area contributed by atoms with Crippen LogP contribution in [0.5, 0.6) is 0 Å². The molecule has 1 amide bonds. The van der Waals surface area contributed by atoms with Crippen LogP contribution < -0.4 is 5.32 Å². The van der Waals surface area contributed by atoms with E-state index in [0.717, 1.165) is 43.2 Å². The molecule has 0 bridgehead atoms. The molecule has 5 nitrogen and oxygen atoms in total. The second kappa shape index (κ2) is 9.31. The molecule has 0 spiro atoms. The van der Waals surface area contributed by atoms with Crippen LogP contribution in [0.3, 0.4) is 0 Å². The maximum absolute atomic E-state index is 13.1. The van der Waals surface area contributed by atoms with E-state index in [1.54, 1.807) is 4.31 Å². The number of hydrogen-bond donors (Lipinski definition) is 1. The van der Waals surface area contributed by atoms with E-state index in [4.69, 9.17) is 11.6 Å². The van der Waals surface area contributed by atoms with Gasteiger partial charge in [0.1, 0.15) is 0 Å². The topological polar surface area (TPSA) is 66.5 Å². The van der Waals surface area contributed by atoms with Gasteiger partial charge in [0.25, 0.3) is 0 Å². The van der Waals surface area contributed by atoms with Crippen LogP contribution in [0.15, 0.2) is 48.5 Å². The summed E-state index contributed by atoms with van der Waals surface area (Å²) in [5, 5.41) is 3.67. The molecular formula is C24H29ClN2O3S. The highest BCUT2D eigenvalue weighted by Gasteiger charge is 2.42. The first-order valence-corrected chi connectivity index (χ1v) is 13.0. The highest BCUT2D eigenvalue weighted by atomic mass is 35.5. The maximum atomic E-state index is 13.1. The molecule has 166 valence electrons. The van der Waals surface area contributed by atoms with Crippen molar-refractivity contribution < 1.29 is 13.2 Å². The van der Waals surface area contributed by atoms with Crippen LogP contribution in [0.1, 0.15) is 48.8 Å². The summed E-state index contributed by atoms with van der Waals surface area (Å²) in [5.74, 6) is 0.0419. The third-order valence-corrected chi connectivity index (χ3v) is 8.80. The van der Waals surface area contributed by atoms with E-state index in [1.807, 2.05) is 42.5 Å². The molecule has 31 heavy (non-hydrogen) atoms. The quantitative estimate of drug-likeness (QED) is 0.634. The number of nitrogens with zero attached hydrogens (tertiary/aromatic N) is 1. The molecule has 0 unspecified atom stereocenters. The minimum Gasteiger partial charge on any atom is -0.355 e. The lowest BCUT2D eigenvalue weighted by atomic mass is 9.78. The van der Waals surface area contributed by atoms with Crippen molar-refractivity contribution in [1.82, 2.24) is 9.62 Å². The van der Waals surface area contributed by atoms with Crippen molar-refractivity contribution in [3.8, 4) is 0 Å². The second-order valence-corrected chi connectivity index (χ2v) is 11.1. The van der Waals surface area contributed by atoms with Crippen LogP contribution in [-0.4, -0.2) is 37.5 Å².